The summed E-state index contributed by atoms with van der Waals surface area (Å²) in [7, 11) is 0. The minimum atomic E-state index is -0.489. The van der Waals surface area contributed by atoms with Gasteiger partial charge in [0.2, 0.25) is 0 Å². The molecule has 7 nitrogen and oxygen atoms in total. The van der Waals surface area contributed by atoms with E-state index in [1.54, 1.807) is 41.3 Å². The Labute approximate surface area is 155 Å². The third kappa shape index (κ3) is 3.46. The highest BCUT2D eigenvalue weighted by Crippen LogP contribution is 2.30. The molecule has 132 valence electrons. The average molecular weight is 371 g/mol. The Kier molecular flexibility index (Phi) is 5.05. The lowest BCUT2D eigenvalue weighted by atomic mass is 10.1. The van der Waals surface area contributed by atoms with Crippen LogP contribution in [0, 0.1) is 21.4 Å². The first-order valence-electron chi connectivity index (χ1n) is 7.98. The van der Waals surface area contributed by atoms with Crippen LogP contribution >= 0.6 is 11.6 Å². The molecule has 1 saturated heterocycles. The number of nitrogens with zero attached hydrogens (tertiary/aromatic N) is 4. The van der Waals surface area contributed by atoms with Crippen molar-refractivity contribution in [1.29, 1.82) is 5.26 Å². The van der Waals surface area contributed by atoms with Crippen molar-refractivity contribution in [1.82, 2.24) is 4.90 Å². The van der Waals surface area contributed by atoms with Crippen LogP contribution in [-0.4, -0.2) is 41.9 Å². The fourth-order valence-corrected chi connectivity index (χ4v) is 3.18. The quantitative estimate of drug-likeness (QED) is 0.611. The number of carbonyl (C=O) groups is 1. The maximum absolute atomic E-state index is 12.6. The van der Waals surface area contributed by atoms with Gasteiger partial charge in [0.05, 0.1) is 27.1 Å². The van der Waals surface area contributed by atoms with E-state index in [0.717, 1.165) is 0 Å². The summed E-state index contributed by atoms with van der Waals surface area (Å²) < 4.78 is 0. The highest BCUT2D eigenvalue weighted by Gasteiger charge is 2.27. The van der Waals surface area contributed by atoms with Crippen molar-refractivity contribution in [3.05, 3.63) is 68.7 Å². The molecule has 0 radical (unpaired) electrons. The topological polar surface area (TPSA) is 90.5 Å². The van der Waals surface area contributed by atoms with Gasteiger partial charge in [-0.1, -0.05) is 23.7 Å². The Balaban J connectivity index is 1.75. The number of rotatable bonds is 3. The molecule has 1 amide bonds. The third-order valence-electron chi connectivity index (χ3n) is 4.31. The van der Waals surface area contributed by atoms with E-state index in [2.05, 4.69) is 0 Å². The van der Waals surface area contributed by atoms with Crippen LogP contribution in [0.15, 0.2) is 42.5 Å². The molecule has 8 heteroatoms. The van der Waals surface area contributed by atoms with E-state index in [-0.39, 0.29) is 17.2 Å². The number of nitro benzene ring substituents is 1. The van der Waals surface area contributed by atoms with Crippen molar-refractivity contribution in [3.8, 4) is 6.07 Å². The molecule has 0 spiro atoms. The van der Waals surface area contributed by atoms with Gasteiger partial charge < -0.3 is 9.80 Å². The monoisotopic (exact) mass is 370 g/mol. The molecule has 0 aliphatic carbocycles. The molecule has 2 aromatic rings. The first-order chi connectivity index (χ1) is 12.5. The zero-order chi connectivity index (χ0) is 18.7. The molecule has 0 bridgehead atoms. The second kappa shape index (κ2) is 7.42. The van der Waals surface area contributed by atoms with Crippen molar-refractivity contribution in [3.63, 3.8) is 0 Å². The fraction of sp³-hybridized carbons (Fsp3) is 0.222. The molecule has 0 atom stereocenters. The summed E-state index contributed by atoms with van der Waals surface area (Å²) in [6.07, 6.45) is 0. The second-order valence-electron chi connectivity index (χ2n) is 5.83. The van der Waals surface area contributed by atoms with E-state index < -0.39 is 4.92 Å². The smallest absolute Gasteiger partial charge is 0.293 e. The summed E-state index contributed by atoms with van der Waals surface area (Å²) >= 11 is 6.09. The first kappa shape index (κ1) is 17.7. The molecule has 2 aromatic carbocycles. The molecule has 26 heavy (non-hydrogen) atoms. The molecule has 1 heterocycles. The van der Waals surface area contributed by atoms with Crippen LogP contribution in [0.1, 0.15) is 15.9 Å². The Morgan fingerprint density at radius 3 is 2.46 bits per heavy atom. The van der Waals surface area contributed by atoms with Gasteiger partial charge >= 0.3 is 0 Å². The Bertz CT molecular complexity index is 902. The summed E-state index contributed by atoms with van der Waals surface area (Å²) in [5.74, 6) is -0.149. The van der Waals surface area contributed by atoms with Crippen molar-refractivity contribution in [2.75, 3.05) is 31.1 Å². The summed E-state index contributed by atoms with van der Waals surface area (Å²) in [6, 6.07) is 13.2. The Morgan fingerprint density at radius 1 is 1.15 bits per heavy atom. The summed E-state index contributed by atoms with van der Waals surface area (Å²) in [5.41, 5.74) is 1.05. The number of piperazine rings is 1. The number of hydrogen-bond donors (Lipinski definition) is 0. The molecule has 0 unspecified atom stereocenters. The third-order valence-corrected chi connectivity index (χ3v) is 4.64. The minimum absolute atomic E-state index is 0.102. The zero-order valence-corrected chi connectivity index (χ0v) is 14.5. The number of benzene rings is 2. The van der Waals surface area contributed by atoms with Gasteiger partial charge in [0.25, 0.3) is 11.6 Å². The fourth-order valence-electron chi connectivity index (χ4n) is 2.96. The van der Waals surface area contributed by atoms with Gasteiger partial charge in [0, 0.05) is 32.2 Å². The molecule has 0 saturated carbocycles. The minimum Gasteiger partial charge on any atom is -0.362 e. The summed E-state index contributed by atoms with van der Waals surface area (Å²) in [5, 5.41) is 20.7. The number of amides is 1. The molecule has 3 rings (SSSR count). The van der Waals surface area contributed by atoms with Gasteiger partial charge in [0.15, 0.2) is 0 Å². The molecular formula is C18H15ClN4O3. The second-order valence-corrected chi connectivity index (χ2v) is 6.24. The average Bonchev–Trinajstić information content (AvgIpc) is 2.67. The number of carbonyl (C=O) groups excluding carboxylic acids is 1. The number of nitriles is 1. The van der Waals surface area contributed by atoms with E-state index in [1.165, 1.54) is 6.07 Å². The molecule has 1 fully saturated rings. The normalized spacial score (nSPS) is 14.0. The Hall–Kier alpha value is -3.11. The van der Waals surface area contributed by atoms with Crippen molar-refractivity contribution < 1.29 is 9.72 Å². The van der Waals surface area contributed by atoms with Crippen LogP contribution in [-0.2, 0) is 0 Å². The van der Waals surface area contributed by atoms with Crippen molar-refractivity contribution >= 4 is 28.9 Å². The van der Waals surface area contributed by atoms with Crippen molar-refractivity contribution in [2.45, 2.75) is 0 Å². The van der Waals surface area contributed by atoms with Crippen molar-refractivity contribution in [2.24, 2.45) is 0 Å². The van der Waals surface area contributed by atoms with Gasteiger partial charge in [-0.25, -0.2) is 0 Å². The van der Waals surface area contributed by atoms with E-state index in [4.69, 9.17) is 16.9 Å². The predicted octanol–water partition coefficient (Wildman–Crippen LogP) is 3.08. The summed E-state index contributed by atoms with van der Waals surface area (Å²) in [4.78, 5) is 27.0. The van der Waals surface area contributed by atoms with Crippen LogP contribution in [0.3, 0.4) is 0 Å². The van der Waals surface area contributed by atoms with Crippen LogP contribution in [0.5, 0.6) is 0 Å². The molecule has 1 aliphatic rings. The lowest BCUT2D eigenvalue weighted by Crippen LogP contribution is -2.49. The number of nitro groups is 1. The molecule has 1 aliphatic heterocycles. The van der Waals surface area contributed by atoms with Crippen LogP contribution in [0.25, 0.3) is 0 Å². The largest absolute Gasteiger partial charge is 0.362 e. The summed E-state index contributed by atoms with van der Waals surface area (Å²) in [6.45, 7) is 1.79. The van der Waals surface area contributed by atoms with Gasteiger partial charge in [0.1, 0.15) is 5.69 Å². The molecule has 0 N–H and O–H groups in total. The SMILES string of the molecule is N#Cc1ccc(N2CCN(C(=O)c3ccccc3Cl)CC2)c([N+](=O)[O-])c1. The van der Waals surface area contributed by atoms with Gasteiger partial charge in [-0.2, -0.15) is 5.26 Å². The highest BCUT2D eigenvalue weighted by atomic mass is 35.5. The lowest BCUT2D eigenvalue weighted by molar-refractivity contribution is -0.384. The lowest BCUT2D eigenvalue weighted by Gasteiger charge is -2.36. The number of halogens is 1. The van der Waals surface area contributed by atoms with E-state index in [1.807, 2.05) is 11.0 Å². The standard InChI is InChI=1S/C18H15ClN4O3/c19-15-4-2-1-3-14(15)18(24)22-9-7-21(8-10-22)16-6-5-13(12-20)11-17(16)23(25)26/h1-6,11H,7-10H2. The maximum Gasteiger partial charge on any atom is 0.293 e. The molecule has 0 aromatic heterocycles. The van der Waals surface area contributed by atoms with Crippen LogP contribution < -0.4 is 4.90 Å². The molecular weight excluding hydrogens is 356 g/mol. The van der Waals surface area contributed by atoms with E-state index >= 15 is 0 Å². The van der Waals surface area contributed by atoms with Gasteiger partial charge in [-0.05, 0) is 24.3 Å². The van der Waals surface area contributed by atoms with E-state index in [9.17, 15) is 14.9 Å². The van der Waals surface area contributed by atoms with Crippen LogP contribution in [0.2, 0.25) is 5.02 Å². The number of anilines is 1. The van der Waals surface area contributed by atoms with Gasteiger partial charge in [-0.15, -0.1) is 0 Å². The van der Waals surface area contributed by atoms with Crippen LogP contribution in [0.4, 0.5) is 11.4 Å². The van der Waals surface area contributed by atoms with E-state index in [0.29, 0.717) is 42.5 Å². The first-order valence-corrected chi connectivity index (χ1v) is 8.36. The Morgan fingerprint density at radius 2 is 1.85 bits per heavy atom. The van der Waals surface area contributed by atoms with Gasteiger partial charge in [-0.3, -0.25) is 14.9 Å². The zero-order valence-electron chi connectivity index (χ0n) is 13.8. The highest BCUT2D eigenvalue weighted by molar-refractivity contribution is 6.33. The number of hydrogen-bond acceptors (Lipinski definition) is 5. The maximum atomic E-state index is 12.6. The predicted molar refractivity (Wildman–Crippen MR) is 97.4 cm³/mol.